The Morgan fingerprint density at radius 1 is 1.16 bits per heavy atom. The summed E-state index contributed by atoms with van der Waals surface area (Å²) in [4.78, 5) is 0. The predicted octanol–water partition coefficient (Wildman–Crippen LogP) is 3.01. The molecule has 104 valence electrons. The average molecular weight is 261 g/mol. The van der Waals surface area contributed by atoms with E-state index in [1.165, 1.54) is 24.8 Å². The number of methoxy groups -OCH3 is 2. The number of benzene rings is 1. The summed E-state index contributed by atoms with van der Waals surface area (Å²) in [5.41, 5.74) is 1.27. The van der Waals surface area contributed by atoms with E-state index in [1.807, 2.05) is 12.1 Å². The van der Waals surface area contributed by atoms with Crippen molar-refractivity contribution in [3.05, 3.63) is 23.8 Å². The summed E-state index contributed by atoms with van der Waals surface area (Å²) in [6.45, 7) is 0. The molecule has 0 aromatic heterocycles. The van der Waals surface area contributed by atoms with Gasteiger partial charge >= 0.3 is 0 Å². The van der Waals surface area contributed by atoms with E-state index in [0.29, 0.717) is 6.04 Å². The molecule has 0 spiro atoms. The fraction of sp³-hybridized carbons (Fsp3) is 0.625. The standard InChI is InChI=1S/C16H23NO2/c1-17-16(15-11-5-4-6-12(11)15)13-8-7-10(18-2)9-14(13)19-3/h7-9,11-12,15-17H,4-6H2,1-3H3. The predicted molar refractivity (Wildman–Crippen MR) is 75.7 cm³/mol. The summed E-state index contributed by atoms with van der Waals surface area (Å²) >= 11 is 0. The number of hydrogen-bond acceptors (Lipinski definition) is 3. The van der Waals surface area contributed by atoms with Crippen LogP contribution in [0.25, 0.3) is 0 Å². The van der Waals surface area contributed by atoms with Crippen LogP contribution in [0.5, 0.6) is 11.5 Å². The molecule has 0 radical (unpaired) electrons. The largest absolute Gasteiger partial charge is 0.497 e. The van der Waals surface area contributed by atoms with Gasteiger partial charge in [0.2, 0.25) is 0 Å². The Labute approximate surface area is 115 Å². The maximum absolute atomic E-state index is 5.55. The van der Waals surface area contributed by atoms with Gasteiger partial charge in [0.05, 0.1) is 14.2 Å². The van der Waals surface area contributed by atoms with Crippen molar-refractivity contribution in [3.63, 3.8) is 0 Å². The van der Waals surface area contributed by atoms with Crippen LogP contribution in [0, 0.1) is 17.8 Å². The van der Waals surface area contributed by atoms with Gasteiger partial charge in [-0.15, -0.1) is 0 Å². The maximum atomic E-state index is 5.55. The summed E-state index contributed by atoms with van der Waals surface area (Å²) in [5, 5.41) is 3.50. The molecule has 3 nitrogen and oxygen atoms in total. The normalized spacial score (nSPS) is 29.7. The zero-order chi connectivity index (χ0) is 13.4. The minimum Gasteiger partial charge on any atom is -0.497 e. The van der Waals surface area contributed by atoms with Crippen LogP contribution in [0.1, 0.15) is 30.9 Å². The average Bonchev–Trinajstić information content (AvgIpc) is 2.92. The van der Waals surface area contributed by atoms with Gasteiger partial charge in [-0.3, -0.25) is 0 Å². The van der Waals surface area contributed by atoms with Crippen LogP contribution < -0.4 is 14.8 Å². The Hall–Kier alpha value is -1.22. The highest BCUT2D eigenvalue weighted by atomic mass is 16.5. The number of ether oxygens (including phenoxy) is 2. The highest BCUT2D eigenvalue weighted by Crippen LogP contribution is 2.62. The third-order valence-corrected chi connectivity index (χ3v) is 4.94. The summed E-state index contributed by atoms with van der Waals surface area (Å²) in [5.74, 6) is 4.45. The number of nitrogens with one attached hydrogen (secondary N) is 1. The van der Waals surface area contributed by atoms with Crippen molar-refractivity contribution < 1.29 is 9.47 Å². The molecular weight excluding hydrogens is 238 g/mol. The number of hydrogen-bond donors (Lipinski definition) is 1. The van der Waals surface area contributed by atoms with Gasteiger partial charge in [-0.25, -0.2) is 0 Å². The molecule has 1 aromatic carbocycles. The van der Waals surface area contributed by atoms with E-state index >= 15 is 0 Å². The minimum atomic E-state index is 0.413. The van der Waals surface area contributed by atoms with Gasteiger partial charge in [0.15, 0.2) is 0 Å². The van der Waals surface area contributed by atoms with Gasteiger partial charge in [0.1, 0.15) is 11.5 Å². The van der Waals surface area contributed by atoms with Crippen LogP contribution in [0.3, 0.4) is 0 Å². The highest BCUT2D eigenvalue weighted by Gasteiger charge is 2.56. The van der Waals surface area contributed by atoms with Crippen molar-refractivity contribution in [2.24, 2.45) is 17.8 Å². The van der Waals surface area contributed by atoms with Crippen molar-refractivity contribution >= 4 is 0 Å². The van der Waals surface area contributed by atoms with E-state index in [0.717, 1.165) is 29.3 Å². The summed E-state index contributed by atoms with van der Waals surface area (Å²) < 4.78 is 10.8. The molecule has 2 aliphatic rings. The molecule has 0 aliphatic heterocycles. The maximum Gasteiger partial charge on any atom is 0.127 e. The van der Waals surface area contributed by atoms with Crippen LogP contribution in [-0.2, 0) is 0 Å². The Morgan fingerprint density at radius 3 is 2.47 bits per heavy atom. The van der Waals surface area contributed by atoms with Crippen LogP contribution in [-0.4, -0.2) is 21.3 Å². The molecule has 0 heterocycles. The van der Waals surface area contributed by atoms with Crippen molar-refractivity contribution in [2.45, 2.75) is 25.3 Å². The first-order valence-electron chi connectivity index (χ1n) is 7.19. The van der Waals surface area contributed by atoms with Crippen LogP contribution in [0.15, 0.2) is 18.2 Å². The van der Waals surface area contributed by atoms with Gasteiger partial charge in [0, 0.05) is 17.7 Å². The summed E-state index contributed by atoms with van der Waals surface area (Å²) in [6.07, 6.45) is 4.24. The van der Waals surface area contributed by atoms with E-state index in [4.69, 9.17) is 9.47 Å². The molecule has 2 fully saturated rings. The molecular formula is C16H23NO2. The third kappa shape index (κ3) is 2.10. The third-order valence-electron chi connectivity index (χ3n) is 4.94. The second kappa shape index (κ2) is 5.04. The molecule has 0 saturated heterocycles. The molecule has 19 heavy (non-hydrogen) atoms. The Bertz CT molecular complexity index is 450. The molecule has 1 N–H and O–H groups in total. The first-order valence-corrected chi connectivity index (χ1v) is 7.19. The molecule has 3 rings (SSSR count). The lowest BCUT2D eigenvalue weighted by atomic mass is 9.96. The Balaban J connectivity index is 1.87. The Kier molecular flexibility index (Phi) is 3.40. The zero-order valence-electron chi connectivity index (χ0n) is 12.0. The summed E-state index contributed by atoms with van der Waals surface area (Å²) in [7, 11) is 5.48. The fourth-order valence-corrected chi connectivity index (χ4v) is 4.00. The molecule has 0 amide bonds. The van der Waals surface area contributed by atoms with Crippen LogP contribution >= 0.6 is 0 Å². The summed E-state index contributed by atoms with van der Waals surface area (Å²) in [6, 6.07) is 6.57. The van der Waals surface area contributed by atoms with Crippen molar-refractivity contribution in [2.75, 3.05) is 21.3 Å². The second-order valence-electron chi connectivity index (χ2n) is 5.71. The first kappa shape index (κ1) is 12.8. The quantitative estimate of drug-likeness (QED) is 0.884. The van der Waals surface area contributed by atoms with E-state index in [1.54, 1.807) is 14.2 Å². The lowest BCUT2D eigenvalue weighted by Crippen LogP contribution is -2.21. The van der Waals surface area contributed by atoms with Crippen molar-refractivity contribution in [3.8, 4) is 11.5 Å². The van der Waals surface area contributed by atoms with E-state index in [-0.39, 0.29) is 0 Å². The topological polar surface area (TPSA) is 30.5 Å². The molecule has 3 unspecified atom stereocenters. The number of rotatable bonds is 5. The lowest BCUT2D eigenvalue weighted by molar-refractivity contribution is 0.374. The van der Waals surface area contributed by atoms with Gasteiger partial charge in [0.25, 0.3) is 0 Å². The molecule has 3 atom stereocenters. The fourth-order valence-electron chi connectivity index (χ4n) is 4.00. The first-order chi connectivity index (χ1) is 9.30. The van der Waals surface area contributed by atoms with E-state index in [2.05, 4.69) is 18.4 Å². The number of fused-ring (bicyclic) bond motifs is 1. The van der Waals surface area contributed by atoms with Gasteiger partial charge in [-0.2, -0.15) is 0 Å². The molecule has 1 aromatic rings. The molecule has 0 bridgehead atoms. The molecule has 3 heteroatoms. The van der Waals surface area contributed by atoms with Gasteiger partial charge in [-0.1, -0.05) is 12.5 Å². The zero-order valence-corrected chi connectivity index (χ0v) is 12.0. The van der Waals surface area contributed by atoms with Gasteiger partial charge in [-0.05, 0) is 43.7 Å². The smallest absolute Gasteiger partial charge is 0.127 e. The van der Waals surface area contributed by atoms with Crippen molar-refractivity contribution in [1.82, 2.24) is 5.32 Å². The van der Waals surface area contributed by atoms with E-state index in [9.17, 15) is 0 Å². The second-order valence-corrected chi connectivity index (χ2v) is 5.71. The SMILES string of the molecule is CNC(c1ccc(OC)cc1OC)C1C2CCCC21. The molecule has 2 aliphatic carbocycles. The highest BCUT2D eigenvalue weighted by molar-refractivity contribution is 5.43. The van der Waals surface area contributed by atoms with Gasteiger partial charge < -0.3 is 14.8 Å². The minimum absolute atomic E-state index is 0.413. The van der Waals surface area contributed by atoms with Crippen LogP contribution in [0.4, 0.5) is 0 Å². The Morgan fingerprint density at radius 2 is 1.89 bits per heavy atom. The van der Waals surface area contributed by atoms with Crippen molar-refractivity contribution in [1.29, 1.82) is 0 Å². The van der Waals surface area contributed by atoms with Crippen LogP contribution in [0.2, 0.25) is 0 Å². The molecule has 2 saturated carbocycles. The van der Waals surface area contributed by atoms with E-state index < -0.39 is 0 Å². The monoisotopic (exact) mass is 261 g/mol. The lowest BCUT2D eigenvalue weighted by Gasteiger charge is -2.21.